The fourth-order valence-corrected chi connectivity index (χ4v) is 3.08. The lowest BCUT2D eigenvalue weighted by Gasteiger charge is -2.10. The molecule has 0 aliphatic heterocycles. The Balaban J connectivity index is 1.76. The first kappa shape index (κ1) is 17.9. The highest BCUT2D eigenvalue weighted by molar-refractivity contribution is 6.13. The van der Waals surface area contributed by atoms with Gasteiger partial charge in [0.1, 0.15) is 6.73 Å². The Hall–Kier alpha value is -3.52. The van der Waals surface area contributed by atoms with E-state index in [9.17, 15) is 4.79 Å². The molecule has 1 amide bonds. The molecule has 0 saturated carbocycles. The summed E-state index contributed by atoms with van der Waals surface area (Å²) in [5, 5.41) is 12.1. The second-order valence-electron chi connectivity index (χ2n) is 6.48. The van der Waals surface area contributed by atoms with Crippen LogP contribution in [0.3, 0.4) is 0 Å². The number of aromatic nitrogens is 5. The van der Waals surface area contributed by atoms with E-state index in [1.807, 2.05) is 38.2 Å². The minimum Gasteiger partial charge on any atom is -0.362 e. The van der Waals surface area contributed by atoms with E-state index in [4.69, 9.17) is 9.72 Å². The zero-order valence-corrected chi connectivity index (χ0v) is 15.9. The van der Waals surface area contributed by atoms with Crippen LogP contribution in [0.4, 0.5) is 5.69 Å². The third-order valence-electron chi connectivity index (χ3n) is 4.62. The Bertz CT molecular complexity index is 1160. The first-order valence-corrected chi connectivity index (χ1v) is 8.78. The number of hydrogen-bond acceptors (Lipinski definition) is 5. The van der Waals surface area contributed by atoms with Gasteiger partial charge in [0.05, 0.1) is 41.1 Å². The molecule has 0 radical (unpaired) electrons. The summed E-state index contributed by atoms with van der Waals surface area (Å²) >= 11 is 0. The van der Waals surface area contributed by atoms with Gasteiger partial charge in [-0.1, -0.05) is 18.2 Å². The molecule has 0 unspecified atom stereocenters. The van der Waals surface area contributed by atoms with Gasteiger partial charge in [-0.05, 0) is 19.1 Å². The van der Waals surface area contributed by atoms with E-state index in [2.05, 4.69) is 15.5 Å². The highest BCUT2D eigenvalue weighted by Gasteiger charge is 2.17. The van der Waals surface area contributed by atoms with Crippen LogP contribution in [0.5, 0.6) is 0 Å². The molecule has 0 aliphatic carbocycles. The van der Waals surface area contributed by atoms with Gasteiger partial charge in [0.25, 0.3) is 5.91 Å². The van der Waals surface area contributed by atoms with Crippen LogP contribution < -0.4 is 5.32 Å². The molecule has 4 aromatic rings. The molecule has 8 nitrogen and oxygen atoms in total. The van der Waals surface area contributed by atoms with Crippen LogP contribution in [0, 0.1) is 6.92 Å². The average molecular weight is 376 g/mol. The summed E-state index contributed by atoms with van der Waals surface area (Å²) in [6, 6.07) is 9.41. The number of fused-ring (bicyclic) bond motifs is 1. The maximum Gasteiger partial charge on any atom is 0.256 e. The Labute approximate surface area is 161 Å². The second-order valence-corrected chi connectivity index (χ2v) is 6.48. The van der Waals surface area contributed by atoms with Crippen molar-refractivity contribution in [1.29, 1.82) is 0 Å². The van der Waals surface area contributed by atoms with Crippen LogP contribution in [-0.4, -0.2) is 37.6 Å². The van der Waals surface area contributed by atoms with Gasteiger partial charge in [-0.2, -0.15) is 10.2 Å². The number of pyridine rings is 1. The Morgan fingerprint density at radius 1 is 1.21 bits per heavy atom. The van der Waals surface area contributed by atoms with Gasteiger partial charge in [0, 0.05) is 30.8 Å². The van der Waals surface area contributed by atoms with Crippen LogP contribution in [0.2, 0.25) is 0 Å². The number of carbonyl (C=O) groups is 1. The predicted molar refractivity (Wildman–Crippen MR) is 106 cm³/mol. The van der Waals surface area contributed by atoms with E-state index < -0.39 is 0 Å². The molecule has 8 heteroatoms. The number of aryl methyl sites for hydroxylation is 1. The van der Waals surface area contributed by atoms with Crippen LogP contribution in [0.15, 0.2) is 48.9 Å². The number of benzene rings is 1. The highest BCUT2D eigenvalue weighted by Crippen LogP contribution is 2.27. The van der Waals surface area contributed by atoms with Gasteiger partial charge < -0.3 is 10.1 Å². The molecule has 0 spiro atoms. The van der Waals surface area contributed by atoms with Crippen molar-refractivity contribution < 1.29 is 9.53 Å². The van der Waals surface area contributed by atoms with E-state index in [0.29, 0.717) is 23.7 Å². The minimum absolute atomic E-state index is 0.224. The number of nitrogens with zero attached hydrogens (tertiary/aromatic N) is 5. The molecule has 0 bridgehead atoms. The molecule has 0 fully saturated rings. The van der Waals surface area contributed by atoms with E-state index in [0.717, 1.165) is 22.2 Å². The van der Waals surface area contributed by atoms with Gasteiger partial charge in [0.15, 0.2) is 0 Å². The minimum atomic E-state index is -0.224. The molecule has 1 N–H and O–H groups in total. The molecule has 0 aliphatic rings. The zero-order valence-electron chi connectivity index (χ0n) is 15.9. The summed E-state index contributed by atoms with van der Waals surface area (Å²) in [6.07, 6.45) is 5.08. The maximum absolute atomic E-state index is 13.0. The Morgan fingerprint density at radius 2 is 2.04 bits per heavy atom. The molecule has 3 heterocycles. The van der Waals surface area contributed by atoms with E-state index in [1.54, 1.807) is 41.1 Å². The SMILES string of the molecule is COCn1cc(NC(=O)c2cc(-c3cnn(C)c3C)nc3ccccc23)cn1. The standard InChI is InChI=1S/C20H20N6O2/c1-13-17(10-21-25(13)2)19-8-16(15-6-4-5-7-18(15)24-19)20(27)23-14-9-22-26(11-14)12-28-3/h4-11H,12H2,1-3H3,(H,23,27). The molecule has 0 saturated heterocycles. The van der Waals surface area contributed by atoms with E-state index >= 15 is 0 Å². The summed E-state index contributed by atoms with van der Waals surface area (Å²) in [4.78, 5) is 17.8. The van der Waals surface area contributed by atoms with Crippen molar-refractivity contribution >= 4 is 22.5 Å². The molecule has 0 atom stereocenters. The van der Waals surface area contributed by atoms with Gasteiger partial charge in [-0.25, -0.2) is 9.67 Å². The van der Waals surface area contributed by atoms with Gasteiger partial charge in [-0.3, -0.25) is 9.48 Å². The number of para-hydroxylation sites is 1. The lowest BCUT2D eigenvalue weighted by molar-refractivity contribution is 0.102. The third-order valence-corrected chi connectivity index (χ3v) is 4.62. The Morgan fingerprint density at radius 3 is 2.79 bits per heavy atom. The fraction of sp³-hybridized carbons (Fsp3) is 0.200. The van der Waals surface area contributed by atoms with Gasteiger partial charge in [0.2, 0.25) is 0 Å². The number of amides is 1. The Kier molecular flexibility index (Phi) is 4.62. The number of anilines is 1. The van der Waals surface area contributed by atoms with Gasteiger partial charge >= 0.3 is 0 Å². The third kappa shape index (κ3) is 3.25. The summed E-state index contributed by atoms with van der Waals surface area (Å²) in [5.41, 5.74) is 4.49. The first-order chi connectivity index (χ1) is 13.6. The average Bonchev–Trinajstić information content (AvgIpc) is 3.27. The summed E-state index contributed by atoms with van der Waals surface area (Å²) < 4.78 is 8.43. The van der Waals surface area contributed by atoms with Crippen LogP contribution in [0.25, 0.3) is 22.2 Å². The number of carbonyl (C=O) groups excluding carboxylic acids is 1. The number of methoxy groups -OCH3 is 1. The molecule has 1 aromatic carbocycles. The van der Waals surface area contributed by atoms with Crippen molar-refractivity contribution in [2.75, 3.05) is 12.4 Å². The van der Waals surface area contributed by atoms with Crippen LogP contribution in [-0.2, 0) is 18.5 Å². The van der Waals surface area contributed by atoms with E-state index in [1.165, 1.54) is 0 Å². The van der Waals surface area contributed by atoms with E-state index in [-0.39, 0.29) is 5.91 Å². The maximum atomic E-state index is 13.0. The van der Waals surface area contributed by atoms with Crippen LogP contribution >= 0.6 is 0 Å². The predicted octanol–water partition coefficient (Wildman–Crippen LogP) is 3.00. The van der Waals surface area contributed by atoms with Crippen molar-refractivity contribution in [1.82, 2.24) is 24.5 Å². The number of hydrogen-bond donors (Lipinski definition) is 1. The topological polar surface area (TPSA) is 86.9 Å². The first-order valence-electron chi connectivity index (χ1n) is 8.78. The van der Waals surface area contributed by atoms with Crippen molar-refractivity contribution in [3.8, 4) is 11.3 Å². The molecule has 142 valence electrons. The van der Waals surface area contributed by atoms with Crippen molar-refractivity contribution in [2.24, 2.45) is 7.05 Å². The smallest absolute Gasteiger partial charge is 0.256 e. The normalized spacial score (nSPS) is 11.1. The molecule has 3 aromatic heterocycles. The molecule has 4 rings (SSSR count). The fourth-order valence-electron chi connectivity index (χ4n) is 3.08. The highest BCUT2D eigenvalue weighted by atomic mass is 16.5. The number of nitrogens with one attached hydrogen (secondary N) is 1. The van der Waals surface area contributed by atoms with Crippen molar-refractivity contribution in [3.63, 3.8) is 0 Å². The summed E-state index contributed by atoms with van der Waals surface area (Å²) in [7, 11) is 3.47. The van der Waals surface area contributed by atoms with Gasteiger partial charge in [-0.15, -0.1) is 0 Å². The molecule has 28 heavy (non-hydrogen) atoms. The number of rotatable bonds is 5. The van der Waals surface area contributed by atoms with Crippen molar-refractivity contribution in [3.05, 3.63) is 60.2 Å². The lowest BCUT2D eigenvalue weighted by atomic mass is 10.0. The van der Waals surface area contributed by atoms with Crippen molar-refractivity contribution in [2.45, 2.75) is 13.7 Å². The summed E-state index contributed by atoms with van der Waals surface area (Å²) in [5.74, 6) is -0.224. The quantitative estimate of drug-likeness (QED) is 0.579. The monoisotopic (exact) mass is 376 g/mol. The molecular weight excluding hydrogens is 356 g/mol. The number of ether oxygens (including phenoxy) is 1. The molecular formula is C20H20N6O2. The second kappa shape index (κ2) is 7.24. The summed E-state index contributed by atoms with van der Waals surface area (Å²) in [6.45, 7) is 2.29. The largest absolute Gasteiger partial charge is 0.362 e. The van der Waals surface area contributed by atoms with Crippen LogP contribution in [0.1, 0.15) is 16.1 Å². The zero-order chi connectivity index (χ0) is 19.7. The lowest BCUT2D eigenvalue weighted by Crippen LogP contribution is -2.13.